The maximum Gasteiger partial charge on any atom is 0.332 e. The third-order valence-corrected chi connectivity index (χ3v) is 6.32. The first-order valence-electron chi connectivity index (χ1n) is 12.2. The van der Waals surface area contributed by atoms with Gasteiger partial charge in [-0.15, -0.1) is 0 Å². The predicted octanol–water partition coefficient (Wildman–Crippen LogP) is -0.257. The van der Waals surface area contributed by atoms with E-state index in [-0.39, 0.29) is 17.4 Å². The molecule has 1 unspecified atom stereocenters. The molecule has 33 heavy (non-hydrogen) atoms. The smallest absolute Gasteiger partial charge is 0.332 e. The van der Waals surface area contributed by atoms with Gasteiger partial charge in [0.2, 0.25) is 5.95 Å². The number of imidazole rings is 1. The molecule has 0 aromatic carbocycles. The Hall–Kier alpha value is -2.21. The highest BCUT2D eigenvalue weighted by Gasteiger charge is 2.17. The maximum atomic E-state index is 12.9. The fraction of sp³-hybridized carbons (Fsp3) is 0.773. The zero-order valence-corrected chi connectivity index (χ0v) is 20.1. The molecule has 186 valence electrons. The number of aromatic amines is 1. The van der Waals surface area contributed by atoms with Crippen LogP contribution in [0.3, 0.4) is 0 Å². The van der Waals surface area contributed by atoms with Crippen molar-refractivity contribution < 1.29 is 5.11 Å². The summed E-state index contributed by atoms with van der Waals surface area (Å²) < 4.78 is 2.66. The number of piperazine rings is 1. The number of nitrogens with zero attached hydrogens (tertiary/aromatic N) is 5. The number of unbranched alkanes of at least 4 members (excludes halogenated alkanes) is 1. The van der Waals surface area contributed by atoms with Gasteiger partial charge in [-0.25, -0.2) is 4.79 Å². The van der Waals surface area contributed by atoms with Gasteiger partial charge in [-0.3, -0.25) is 13.9 Å². The number of rotatable bonds is 13. The lowest BCUT2D eigenvalue weighted by atomic mass is 10.2. The minimum atomic E-state index is -0.376. The minimum absolute atomic E-state index is 0.329. The monoisotopic (exact) mass is 464 g/mol. The third-order valence-electron chi connectivity index (χ3n) is 6.32. The van der Waals surface area contributed by atoms with E-state index < -0.39 is 0 Å². The molecule has 1 saturated heterocycles. The largest absolute Gasteiger partial charge is 0.393 e. The number of aryl methyl sites for hydroxylation is 1. The van der Waals surface area contributed by atoms with E-state index in [0.29, 0.717) is 36.5 Å². The summed E-state index contributed by atoms with van der Waals surface area (Å²) in [6.45, 7) is 9.99. The molecule has 1 fully saturated rings. The second kappa shape index (κ2) is 12.3. The lowest BCUT2D eigenvalue weighted by Gasteiger charge is -2.34. The zero-order chi connectivity index (χ0) is 23.8. The summed E-state index contributed by atoms with van der Waals surface area (Å²) in [4.78, 5) is 37.9. The molecule has 1 atom stereocenters. The van der Waals surface area contributed by atoms with Gasteiger partial charge >= 0.3 is 5.69 Å². The van der Waals surface area contributed by atoms with Crippen LogP contribution in [-0.4, -0.2) is 92.5 Å². The Morgan fingerprint density at radius 1 is 1.06 bits per heavy atom. The first kappa shape index (κ1) is 25.4. The van der Waals surface area contributed by atoms with E-state index in [0.717, 1.165) is 71.6 Å². The van der Waals surface area contributed by atoms with Crippen molar-refractivity contribution in [3.8, 4) is 0 Å². The van der Waals surface area contributed by atoms with E-state index in [1.807, 2.05) is 0 Å². The lowest BCUT2D eigenvalue weighted by Crippen LogP contribution is -2.47. The minimum Gasteiger partial charge on any atom is -0.393 e. The Morgan fingerprint density at radius 3 is 2.36 bits per heavy atom. The molecule has 2 aromatic rings. The molecule has 2 aromatic heterocycles. The van der Waals surface area contributed by atoms with E-state index in [1.165, 1.54) is 9.13 Å². The SMILES string of the molecule is CC(O)CCCCn1c(=O)c2[nH]c(NCCCN3CCN(CCCN)CC3)nc2n(C)c1=O. The second-order valence-electron chi connectivity index (χ2n) is 9.03. The molecule has 0 bridgehead atoms. The maximum absolute atomic E-state index is 12.9. The van der Waals surface area contributed by atoms with E-state index in [1.54, 1.807) is 14.0 Å². The number of aliphatic hydroxyl groups is 1. The number of aliphatic hydroxyl groups excluding tert-OH is 1. The highest BCUT2D eigenvalue weighted by Crippen LogP contribution is 2.10. The molecule has 0 radical (unpaired) electrons. The van der Waals surface area contributed by atoms with Gasteiger partial charge in [0, 0.05) is 46.3 Å². The summed E-state index contributed by atoms with van der Waals surface area (Å²) in [6.07, 6.45) is 3.71. The summed E-state index contributed by atoms with van der Waals surface area (Å²) >= 11 is 0. The molecule has 1 aliphatic heterocycles. The zero-order valence-electron chi connectivity index (χ0n) is 20.1. The van der Waals surface area contributed by atoms with Crippen molar-refractivity contribution in [2.45, 2.75) is 51.7 Å². The summed E-state index contributed by atoms with van der Waals surface area (Å²) in [5, 5.41) is 12.6. The van der Waals surface area contributed by atoms with E-state index in [2.05, 4.69) is 25.1 Å². The van der Waals surface area contributed by atoms with Gasteiger partial charge < -0.3 is 30.9 Å². The lowest BCUT2D eigenvalue weighted by molar-refractivity contribution is 0.132. The molecule has 0 spiro atoms. The van der Waals surface area contributed by atoms with Gasteiger partial charge in [0.1, 0.15) is 0 Å². The Bertz CT molecular complexity index is 988. The predicted molar refractivity (Wildman–Crippen MR) is 131 cm³/mol. The molecule has 0 amide bonds. The first-order valence-corrected chi connectivity index (χ1v) is 12.2. The quantitative estimate of drug-likeness (QED) is 0.298. The standard InChI is InChI=1S/C22H40N8O3/c1-17(31)7-3-4-12-30-20(32)18-19(27(2)22(30)33)26-21(25-18)24-9-6-11-29-15-13-28(14-16-29)10-5-8-23/h17,31H,3-16,23H2,1-2H3,(H2,24,25,26). The van der Waals surface area contributed by atoms with Crippen LogP contribution in [0.5, 0.6) is 0 Å². The number of nitrogens with one attached hydrogen (secondary N) is 2. The normalized spacial score (nSPS) is 16.5. The van der Waals surface area contributed by atoms with Crippen LogP contribution in [0.25, 0.3) is 11.2 Å². The number of aromatic nitrogens is 4. The van der Waals surface area contributed by atoms with Crippen LogP contribution < -0.4 is 22.3 Å². The van der Waals surface area contributed by atoms with Gasteiger partial charge in [-0.1, -0.05) is 0 Å². The number of H-pyrrole nitrogens is 1. The Morgan fingerprint density at radius 2 is 1.73 bits per heavy atom. The first-order chi connectivity index (χ1) is 15.9. The van der Waals surface area contributed by atoms with E-state index in [4.69, 9.17) is 5.73 Å². The fourth-order valence-corrected chi connectivity index (χ4v) is 4.30. The molecule has 0 saturated carbocycles. The third kappa shape index (κ3) is 6.89. The highest BCUT2D eigenvalue weighted by atomic mass is 16.3. The molecule has 5 N–H and O–H groups in total. The average molecular weight is 465 g/mol. The van der Waals surface area contributed by atoms with Crippen LogP contribution in [0.2, 0.25) is 0 Å². The number of hydrogen-bond donors (Lipinski definition) is 4. The average Bonchev–Trinajstić information content (AvgIpc) is 3.24. The summed E-state index contributed by atoms with van der Waals surface area (Å²) in [6, 6.07) is 0. The van der Waals surface area contributed by atoms with Gasteiger partial charge in [0.05, 0.1) is 6.10 Å². The van der Waals surface area contributed by atoms with E-state index >= 15 is 0 Å². The van der Waals surface area contributed by atoms with Crippen molar-refractivity contribution in [1.29, 1.82) is 0 Å². The Kier molecular flexibility index (Phi) is 9.48. The van der Waals surface area contributed by atoms with Crippen LogP contribution in [0.1, 0.15) is 39.0 Å². The van der Waals surface area contributed by atoms with Crippen molar-refractivity contribution in [3.05, 3.63) is 20.8 Å². The van der Waals surface area contributed by atoms with E-state index in [9.17, 15) is 14.7 Å². The molecular formula is C22H40N8O3. The molecular weight excluding hydrogens is 424 g/mol. The molecule has 1 aliphatic rings. The van der Waals surface area contributed by atoms with Crippen molar-refractivity contribution in [1.82, 2.24) is 28.9 Å². The van der Waals surface area contributed by atoms with Crippen LogP contribution >= 0.6 is 0 Å². The Balaban J connectivity index is 1.51. The van der Waals surface area contributed by atoms with Crippen LogP contribution in [0, 0.1) is 0 Å². The summed E-state index contributed by atoms with van der Waals surface area (Å²) in [7, 11) is 1.63. The van der Waals surface area contributed by atoms with Crippen LogP contribution in [0.15, 0.2) is 9.59 Å². The summed E-state index contributed by atoms with van der Waals surface area (Å²) in [5.41, 5.74) is 5.58. The van der Waals surface area contributed by atoms with Gasteiger partial charge in [0.15, 0.2) is 11.2 Å². The number of fused-ring (bicyclic) bond motifs is 1. The second-order valence-corrected chi connectivity index (χ2v) is 9.03. The van der Waals surface area contributed by atoms with Gasteiger partial charge in [0.25, 0.3) is 5.56 Å². The number of hydrogen-bond acceptors (Lipinski definition) is 8. The molecule has 11 nitrogen and oxygen atoms in total. The molecule has 0 aliphatic carbocycles. The summed E-state index contributed by atoms with van der Waals surface area (Å²) in [5.74, 6) is 0.510. The van der Waals surface area contributed by atoms with Crippen molar-refractivity contribution in [2.24, 2.45) is 12.8 Å². The van der Waals surface area contributed by atoms with Crippen molar-refractivity contribution >= 4 is 17.1 Å². The molecule has 3 rings (SSSR count). The van der Waals surface area contributed by atoms with Gasteiger partial charge in [-0.05, 0) is 58.7 Å². The molecule has 11 heteroatoms. The molecule has 3 heterocycles. The van der Waals surface area contributed by atoms with Crippen molar-refractivity contribution in [2.75, 3.05) is 57.7 Å². The van der Waals surface area contributed by atoms with Crippen LogP contribution in [0.4, 0.5) is 5.95 Å². The number of anilines is 1. The Labute approximate surface area is 194 Å². The van der Waals surface area contributed by atoms with Crippen molar-refractivity contribution in [3.63, 3.8) is 0 Å². The van der Waals surface area contributed by atoms with Gasteiger partial charge in [-0.2, -0.15) is 4.98 Å². The fourth-order valence-electron chi connectivity index (χ4n) is 4.30. The van der Waals surface area contributed by atoms with Crippen LogP contribution in [-0.2, 0) is 13.6 Å². The topological polar surface area (TPSA) is 137 Å². The number of nitrogens with two attached hydrogens (primary N) is 1. The highest BCUT2D eigenvalue weighted by molar-refractivity contribution is 5.72.